The Balaban J connectivity index is 1.82. The number of rotatable bonds is 1. The second-order valence-electron chi connectivity index (χ2n) is 9.45. The zero-order chi connectivity index (χ0) is 18.1. The van der Waals surface area contributed by atoms with Gasteiger partial charge in [-0.1, -0.05) is 52.0 Å². The third-order valence-corrected chi connectivity index (χ3v) is 8.71. The molecule has 0 saturated heterocycles. The molecule has 3 aliphatic carbocycles. The third-order valence-electron chi connectivity index (χ3n) is 8.71. The molecule has 4 unspecified atom stereocenters. The second kappa shape index (κ2) is 4.05. The maximum atomic E-state index is 13.1. The molecule has 2 saturated carbocycles. The van der Waals surface area contributed by atoms with Gasteiger partial charge in [0, 0.05) is 28.3 Å². The van der Waals surface area contributed by atoms with Gasteiger partial charge in [-0.15, -0.1) is 0 Å². The number of nitrogens with zero attached hydrogens (tertiary/aromatic N) is 2. The van der Waals surface area contributed by atoms with Gasteiger partial charge in [-0.25, -0.2) is 0 Å². The summed E-state index contributed by atoms with van der Waals surface area (Å²) < 4.78 is 2.29. The molecule has 3 aliphatic rings. The molecule has 1 aromatic carbocycles. The molecule has 3 nitrogen and oxygen atoms in total. The number of hydrogen-bond acceptors (Lipinski definition) is 2. The van der Waals surface area contributed by atoms with Gasteiger partial charge in [0.15, 0.2) is 0 Å². The van der Waals surface area contributed by atoms with Gasteiger partial charge in [0.2, 0.25) is 0 Å². The van der Waals surface area contributed by atoms with Gasteiger partial charge in [0.05, 0.1) is 0 Å². The van der Waals surface area contributed by atoms with E-state index in [4.69, 9.17) is 0 Å². The van der Waals surface area contributed by atoms with Crippen molar-refractivity contribution in [3.8, 4) is 0 Å². The van der Waals surface area contributed by atoms with Crippen molar-refractivity contribution in [2.24, 2.45) is 10.8 Å². The Kier molecular flexibility index (Phi) is 2.33. The number of benzene rings is 1. The fourth-order valence-electron chi connectivity index (χ4n) is 7.25. The van der Waals surface area contributed by atoms with E-state index >= 15 is 0 Å². The maximum Gasteiger partial charge on any atom is 0.277 e. The lowest BCUT2D eigenvalue weighted by atomic mass is 9.28. The van der Waals surface area contributed by atoms with Gasteiger partial charge in [-0.2, -0.15) is 4.98 Å². The smallest absolute Gasteiger partial charge is 0.277 e. The van der Waals surface area contributed by atoms with Gasteiger partial charge >= 0.3 is 0 Å². The Morgan fingerprint density at radius 3 is 2.62 bits per heavy atom. The first-order valence-corrected chi connectivity index (χ1v) is 9.83. The van der Waals surface area contributed by atoms with Gasteiger partial charge in [-0.3, -0.25) is 4.79 Å². The van der Waals surface area contributed by atoms with Crippen molar-refractivity contribution < 1.29 is 0 Å². The van der Waals surface area contributed by atoms with E-state index in [2.05, 4.69) is 61.5 Å². The van der Waals surface area contributed by atoms with Crippen LogP contribution < -0.4 is 5.56 Å². The summed E-state index contributed by atoms with van der Waals surface area (Å²) in [6.07, 6.45) is 5.56. The van der Waals surface area contributed by atoms with Crippen LogP contribution in [0.3, 0.4) is 0 Å². The van der Waals surface area contributed by atoms with Gasteiger partial charge in [-0.05, 0) is 47.0 Å². The summed E-state index contributed by atoms with van der Waals surface area (Å²) in [4.78, 5) is 17.8. The minimum absolute atomic E-state index is 0.0123. The van der Waals surface area contributed by atoms with E-state index in [1.165, 1.54) is 23.1 Å². The molecular weight excluding hydrogens is 320 g/mol. The van der Waals surface area contributed by atoms with Crippen molar-refractivity contribution in [1.82, 2.24) is 9.38 Å². The van der Waals surface area contributed by atoms with Crippen LogP contribution in [0.1, 0.15) is 63.3 Å². The molecule has 3 aromatic rings. The normalized spacial score (nSPS) is 36.5. The first-order valence-electron chi connectivity index (χ1n) is 9.83. The summed E-state index contributed by atoms with van der Waals surface area (Å²) in [5.74, 6) is 0.384. The zero-order valence-corrected chi connectivity index (χ0v) is 15.9. The molecule has 6 rings (SSSR count). The topological polar surface area (TPSA) is 34.4 Å². The lowest BCUT2D eigenvalue weighted by Crippen LogP contribution is -2.70. The van der Waals surface area contributed by atoms with Crippen LogP contribution in [0.25, 0.3) is 16.4 Å². The highest BCUT2D eigenvalue weighted by molar-refractivity contribution is 5.96. The molecule has 2 fully saturated rings. The Labute approximate surface area is 153 Å². The SMILES string of the molecule is CCc1cn2c3c(c(=O)nc2c2ccccc12)C1CC2(C)CC3(C)C12C. The molecule has 3 heteroatoms. The average Bonchev–Trinajstić information content (AvgIpc) is 2.72. The molecule has 132 valence electrons. The van der Waals surface area contributed by atoms with Crippen LogP contribution in [0.15, 0.2) is 35.3 Å². The fraction of sp³-hybridized carbons (Fsp3) is 0.478. The third kappa shape index (κ3) is 1.23. The lowest BCUT2D eigenvalue weighted by molar-refractivity contribution is -0.228. The van der Waals surface area contributed by atoms with Crippen molar-refractivity contribution in [3.05, 3.63) is 57.6 Å². The van der Waals surface area contributed by atoms with Gasteiger partial charge in [0.25, 0.3) is 5.56 Å². The molecule has 0 N–H and O–H groups in total. The first-order chi connectivity index (χ1) is 12.4. The average molecular weight is 344 g/mol. The predicted molar refractivity (Wildman–Crippen MR) is 104 cm³/mol. The Hall–Kier alpha value is -2.16. The van der Waals surface area contributed by atoms with Crippen LogP contribution in [0.2, 0.25) is 0 Å². The van der Waals surface area contributed by atoms with Crippen LogP contribution in [0, 0.1) is 10.8 Å². The van der Waals surface area contributed by atoms with Crippen molar-refractivity contribution in [1.29, 1.82) is 0 Å². The van der Waals surface area contributed by atoms with E-state index in [-0.39, 0.29) is 16.4 Å². The first kappa shape index (κ1) is 15.0. The fourth-order valence-corrected chi connectivity index (χ4v) is 7.25. The number of hydrogen-bond donors (Lipinski definition) is 0. The summed E-state index contributed by atoms with van der Waals surface area (Å²) in [5.41, 5.74) is 5.13. The van der Waals surface area contributed by atoms with E-state index < -0.39 is 0 Å². The lowest BCUT2D eigenvalue weighted by Gasteiger charge is -2.75. The molecule has 2 heterocycles. The molecule has 26 heavy (non-hydrogen) atoms. The van der Waals surface area contributed by atoms with Gasteiger partial charge in [0.1, 0.15) is 5.65 Å². The van der Waals surface area contributed by atoms with Crippen molar-refractivity contribution in [2.45, 2.75) is 58.3 Å². The van der Waals surface area contributed by atoms with E-state index in [1.54, 1.807) is 0 Å². The largest absolute Gasteiger partial charge is 0.304 e. The zero-order valence-electron chi connectivity index (χ0n) is 15.9. The molecule has 4 atom stereocenters. The molecule has 0 aliphatic heterocycles. The van der Waals surface area contributed by atoms with Crippen molar-refractivity contribution >= 4 is 16.4 Å². The number of aromatic nitrogens is 2. The highest BCUT2D eigenvalue weighted by Gasteiger charge is 2.81. The summed E-state index contributed by atoms with van der Waals surface area (Å²) >= 11 is 0. The van der Waals surface area contributed by atoms with E-state index in [1.807, 2.05) is 6.07 Å². The molecule has 0 spiro atoms. The quantitative estimate of drug-likeness (QED) is 0.605. The van der Waals surface area contributed by atoms with E-state index in [9.17, 15) is 4.79 Å². The minimum Gasteiger partial charge on any atom is -0.304 e. The van der Waals surface area contributed by atoms with Crippen molar-refractivity contribution in [2.75, 3.05) is 0 Å². The number of fused-ring (bicyclic) bond motifs is 7. The summed E-state index contributed by atoms with van der Waals surface area (Å²) in [7, 11) is 0. The molecular formula is C23H24N2O. The molecule has 0 bridgehead atoms. The highest BCUT2D eigenvalue weighted by atomic mass is 16.1. The monoisotopic (exact) mass is 344 g/mol. The summed E-state index contributed by atoms with van der Waals surface area (Å²) in [5, 5.41) is 2.32. The summed E-state index contributed by atoms with van der Waals surface area (Å²) in [6, 6.07) is 8.39. The molecule has 0 amide bonds. The second-order valence-corrected chi connectivity index (χ2v) is 9.45. The Morgan fingerprint density at radius 2 is 1.92 bits per heavy atom. The van der Waals surface area contributed by atoms with E-state index in [0.717, 1.165) is 29.4 Å². The van der Waals surface area contributed by atoms with Gasteiger partial charge < -0.3 is 4.40 Å². The predicted octanol–water partition coefficient (Wildman–Crippen LogP) is 4.59. The van der Waals surface area contributed by atoms with Crippen LogP contribution >= 0.6 is 0 Å². The van der Waals surface area contributed by atoms with Crippen LogP contribution in [0.5, 0.6) is 0 Å². The standard InChI is InChI=1S/C23H24N2O/c1-5-13-11-25-18-17(16-10-21(2)12-22(18,3)23(16,21)4)20(26)24-19(25)15-9-7-6-8-14(13)15/h6-9,11,16H,5,10,12H2,1-4H3. The number of aryl methyl sites for hydroxylation is 1. The van der Waals surface area contributed by atoms with Crippen LogP contribution in [0.4, 0.5) is 0 Å². The van der Waals surface area contributed by atoms with E-state index in [0.29, 0.717) is 11.3 Å². The van der Waals surface area contributed by atoms with Crippen molar-refractivity contribution in [3.63, 3.8) is 0 Å². The Bertz CT molecular complexity index is 1210. The minimum atomic E-state index is 0.0123. The summed E-state index contributed by atoms with van der Waals surface area (Å²) in [6.45, 7) is 9.42. The van der Waals surface area contributed by atoms with Crippen LogP contribution in [-0.2, 0) is 11.8 Å². The molecule has 0 radical (unpaired) electrons. The number of pyridine rings is 1. The maximum absolute atomic E-state index is 13.1. The highest BCUT2D eigenvalue weighted by Crippen LogP contribution is 2.86. The molecule has 2 aromatic heterocycles. The van der Waals surface area contributed by atoms with Crippen LogP contribution in [-0.4, -0.2) is 9.38 Å². The Morgan fingerprint density at radius 1 is 1.19 bits per heavy atom.